The molecule has 0 aromatic rings. The lowest BCUT2D eigenvalue weighted by atomic mass is 10.6. The van der Waals surface area contributed by atoms with Gasteiger partial charge < -0.3 is 9.26 Å². The topological polar surface area (TPSA) is 37.3 Å². The molecular weight excluding hydrogens is 132 g/mol. The predicted octanol–water partition coefficient (Wildman–Crippen LogP) is 0.526. The Kier molecular flexibility index (Phi) is 4.34. The van der Waals surface area contributed by atoms with E-state index in [0.29, 0.717) is 18.3 Å². The van der Waals surface area contributed by atoms with Gasteiger partial charge in [0, 0.05) is 11.9 Å². The standard InChI is InChI=1S/C3H7ClO2Si/c4-2-1-3-7(5)6/h5H,1-3H2. The largest absolute Gasteiger partial charge is 0.540 e. The van der Waals surface area contributed by atoms with Crippen molar-refractivity contribution in [2.45, 2.75) is 12.5 Å². The third-order valence-corrected chi connectivity index (χ3v) is 1.57. The maximum atomic E-state index is 9.88. The van der Waals surface area contributed by atoms with Crippen LogP contribution >= 0.6 is 11.6 Å². The lowest BCUT2D eigenvalue weighted by Gasteiger charge is -1.82. The summed E-state index contributed by atoms with van der Waals surface area (Å²) < 4.78 is 9.88. The van der Waals surface area contributed by atoms with Gasteiger partial charge >= 0.3 is 8.93 Å². The predicted molar refractivity (Wildman–Crippen MR) is 28.8 cm³/mol. The molecule has 0 fully saturated rings. The molecule has 1 N–H and O–H groups in total. The maximum absolute atomic E-state index is 9.88. The Morgan fingerprint density at radius 2 is 2.29 bits per heavy atom. The molecule has 4 heteroatoms. The molecule has 7 heavy (non-hydrogen) atoms. The monoisotopic (exact) mass is 138 g/mol. The van der Waals surface area contributed by atoms with Crippen LogP contribution in [0.2, 0.25) is 6.04 Å². The van der Waals surface area contributed by atoms with Crippen molar-refractivity contribution >= 4 is 20.5 Å². The third-order valence-electron chi connectivity index (χ3n) is 0.524. The smallest absolute Gasteiger partial charge is 0.500 e. The van der Waals surface area contributed by atoms with E-state index >= 15 is 0 Å². The van der Waals surface area contributed by atoms with Crippen LogP contribution in [0.1, 0.15) is 6.42 Å². The van der Waals surface area contributed by atoms with Gasteiger partial charge in [0.2, 0.25) is 0 Å². The average molecular weight is 139 g/mol. The van der Waals surface area contributed by atoms with E-state index < -0.39 is 8.93 Å². The fourth-order valence-electron chi connectivity index (χ4n) is 0.218. The van der Waals surface area contributed by atoms with E-state index in [2.05, 4.69) is 0 Å². The summed E-state index contributed by atoms with van der Waals surface area (Å²) in [7, 11) is -2.23. The van der Waals surface area contributed by atoms with E-state index in [1.807, 2.05) is 0 Å². The SMILES string of the molecule is O=[Si](O)CCCCl. The summed E-state index contributed by atoms with van der Waals surface area (Å²) in [5, 5.41) is 0. The highest BCUT2D eigenvalue weighted by Gasteiger charge is 1.97. The molecular formula is C3H7ClO2Si. The molecule has 42 valence electrons. The summed E-state index contributed by atoms with van der Waals surface area (Å²) in [4.78, 5) is 8.17. The Bertz CT molecular complexity index is 66.0. The quantitative estimate of drug-likeness (QED) is 0.456. The van der Waals surface area contributed by atoms with Crippen LogP contribution in [0.15, 0.2) is 0 Å². The molecule has 0 aliphatic rings. The van der Waals surface area contributed by atoms with Gasteiger partial charge in [0.15, 0.2) is 0 Å². The zero-order valence-corrected chi connectivity index (χ0v) is 5.61. The van der Waals surface area contributed by atoms with Gasteiger partial charge in [-0.1, -0.05) is 0 Å². The first-order valence-corrected chi connectivity index (χ1v) is 4.15. The van der Waals surface area contributed by atoms with E-state index in [1.165, 1.54) is 0 Å². The molecule has 0 aromatic heterocycles. The van der Waals surface area contributed by atoms with Crippen molar-refractivity contribution in [1.29, 1.82) is 0 Å². The summed E-state index contributed by atoms with van der Waals surface area (Å²) in [6.07, 6.45) is 0.649. The molecule has 0 spiro atoms. The molecule has 2 nitrogen and oxygen atoms in total. The molecule has 0 bridgehead atoms. The number of alkyl halides is 1. The van der Waals surface area contributed by atoms with Gasteiger partial charge in [-0.3, -0.25) is 0 Å². The molecule has 0 rings (SSSR count). The molecule has 0 saturated heterocycles. The number of rotatable bonds is 3. The Morgan fingerprint density at radius 1 is 1.71 bits per heavy atom. The van der Waals surface area contributed by atoms with Gasteiger partial charge in [-0.05, 0) is 6.42 Å². The van der Waals surface area contributed by atoms with E-state index in [4.69, 9.17) is 16.4 Å². The van der Waals surface area contributed by atoms with Crippen molar-refractivity contribution in [2.75, 3.05) is 5.88 Å². The lowest BCUT2D eigenvalue weighted by molar-refractivity contribution is 0.445. The van der Waals surface area contributed by atoms with Gasteiger partial charge in [0.1, 0.15) is 0 Å². The third kappa shape index (κ3) is 6.11. The molecule has 0 atom stereocenters. The zero-order valence-electron chi connectivity index (χ0n) is 3.85. The summed E-state index contributed by atoms with van der Waals surface area (Å²) in [6, 6.07) is 0.369. The first kappa shape index (κ1) is 7.11. The van der Waals surface area contributed by atoms with E-state index in [1.54, 1.807) is 0 Å². The van der Waals surface area contributed by atoms with Crippen LogP contribution in [0.3, 0.4) is 0 Å². The molecule has 0 aliphatic heterocycles. The second-order valence-electron chi connectivity index (χ2n) is 1.19. The van der Waals surface area contributed by atoms with Crippen LogP contribution in [0, 0.1) is 0 Å². The number of hydrogen-bond donors (Lipinski definition) is 1. The Labute approximate surface area is 48.9 Å². The Balaban J connectivity index is 2.82. The molecule has 0 amide bonds. The van der Waals surface area contributed by atoms with Crippen molar-refractivity contribution in [2.24, 2.45) is 0 Å². The average Bonchev–Trinajstić information content (AvgIpc) is 1.61. The van der Waals surface area contributed by atoms with Crippen LogP contribution < -0.4 is 0 Å². The van der Waals surface area contributed by atoms with Crippen molar-refractivity contribution in [3.8, 4) is 0 Å². The molecule has 0 aliphatic carbocycles. The van der Waals surface area contributed by atoms with E-state index in [9.17, 15) is 4.46 Å². The van der Waals surface area contributed by atoms with E-state index in [0.717, 1.165) is 0 Å². The van der Waals surface area contributed by atoms with Crippen LogP contribution in [-0.4, -0.2) is 19.6 Å². The molecule has 0 saturated carbocycles. The van der Waals surface area contributed by atoms with Crippen molar-refractivity contribution in [1.82, 2.24) is 0 Å². The summed E-state index contributed by atoms with van der Waals surface area (Å²) in [6.45, 7) is 0. The molecule has 0 heterocycles. The second-order valence-corrected chi connectivity index (χ2v) is 2.85. The highest BCUT2D eigenvalue weighted by molar-refractivity contribution is 6.33. The maximum Gasteiger partial charge on any atom is 0.500 e. The zero-order chi connectivity index (χ0) is 5.70. The van der Waals surface area contributed by atoms with Gasteiger partial charge in [-0.25, -0.2) is 0 Å². The molecule has 0 radical (unpaired) electrons. The van der Waals surface area contributed by atoms with Gasteiger partial charge in [0.25, 0.3) is 0 Å². The number of hydrogen-bond acceptors (Lipinski definition) is 1. The first-order chi connectivity index (χ1) is 3.27. The summed E-state index contributed by atoms with van der Waals surface area (Å²) >= 11 is 5.21. The highest BCUT2D eigenvalue weighted by atomic mass is 35.5. The second kappa shape index (κ2) is 4.27. The van der Waals surface area contributed by atoms with Crippen LogP contribution in [0.4, 0.5) is 0 Å². The molecule has 0 unspecified atom stereocenters. The normalized spacial score (nSPS) is 8.71. The van der Waals surface area contributed by atoms with Crippen molar-refractivity contribution < 1.29 is 9.26 Å². The fourth-order valence-corrected chi connectivity index (χ4v) is 1.06. The van der Waals surface area contributed by atoms with Crippen molar-refractivity contribution in [3.05, 3.63) is 0 Å². The Hall–Kier alpha value is 0.107. The Morgan fingerprint density at radius 3 is 2.43 bits per heavy atom. The summed E-state index contributed by atoms with van der Waals surface area (Å²) in [5.74, 6) is 0.483. The lowest BCUT2D eigenvalue weighted by Crippen LogP contribution is -1.95. The number of halogens is 1. The van der Waals surface area contributed by atoms with Crippen LogP contribution in [0.5, 0.6) is 0 Å². The first-order valence-electron chi connectivity index (χ1n) is 2.05. The minimum atomic E-state index is -2.23. The fraction of sp³-hybridized carbons (Fsp3) is 1.00. The minimum absolute atomic E-state index is 0.369. The van der Waals surface area contributed by atoms with Crippen LogP contribution in [0.25, 0.3) is 0 Å². The van der Waals surface area contributed by atoms with Gasteiger partial charge in [-0.15, -0.1) is 11.6 Å². The molecule has 0 aromatic carbocycles. The minimum Gasteiger partial charge on any atom is -0.540 e. The van der Waals surface area contributed by atoms with Gasteiger partial charge in [0.05, 0.1) is 0 Å². The van der Waals surface area contributed by atoms with Gasteiger partial charge in [-0.2, -0.15) is 0 Å². The highest BCUT2D eigenvalue weighted by Crippen LogP contribution is 1.90. The van der Waals surface area contributed by atoms with Crippen molar-refractivity contribution in [3.63, 3.8) is 0 Å². The summed E-state index contributed by atoms with van der Waals surface area (Å²) in [5.41, 5.74) is 0. The van der Waals surface area contributed by atoms with Crippen LogP contribution in [-0.2, 0) is 4.46 Å². The van der Waals surface area contributed by atoms with E-state index in [-0.39, 0.29) is 0 Å².